The topological polar surface area (TPSA) is 84.6 Å². The Hall–Kier alpha value is -2.53. The number of nitrogens with two attached hydrogens (primary N) is 1. The van der Waals surface area contributed by atoms with E-state index in [9.17, 15) is 4.79 Å². The zero-order valence-corrected chi connectivity index (χ0v) is 11.8. The van der Waals surface area contributed by atoms with Crippen LogP contribution in [0.3, 0.4) is 0 Å². The lowest BCUT2D eigenvalue weighted by Crippen LogP contribution is -2.13. The van der Waals surface area contributed by atoms with Crippen molar-refractivity contribution in [2.75, 3.05) is 24.8 Å². The molecule has 2 aromatic rings. The first kappa shape index (κ1) is 14.9. The van der Waals surface area contributed by atoms with Crippen molar-refractivity contribution in [1.29, 1.82) is 0 Å². The second-order valence-electron chi connectivity index (χ2n) is 4.58. The van der Waals surface area contributed by atoms with Crippen molar-refractivity contribution in [3.05, 3.63) is 53.6 Å². The fraction of sp³-hybridized carbons (Fsp3) is 0.188. The molecule has 0 heterocycles. The number of rotatable bonds is 5. The molecule has 0 aliphatic carbocycles. The molecule has 5 heteroatoms. The summed E-state index contributed by atoms with van der Waals surface area (Å²) in [4.78, 5) is 12.2. The van der Waals surface area contributed by atoms with Crippen LogP contribution in [0.25, 0.3) is 0 Å². The van der Waals surface area contributed by atoms with E-state index < -0.39 is 0 Å². The highest BCUT2D eigenvalue weighted by molar-refractivity contribution is 6.06. The molecule has 0 radical (unpaired) electrons. The number of benzene rings is 2. The second kappa shape index (κ2) is 6.76. The molecule has 0 atom stereocenters. The van der Waals surface area contributed by atoms with Crippen LogP contribution in [0.1, 0.15) is 15.9 Å². The molecule has 21 heavy (non-hydrogen) atoms. The van der Waals surface area contributed by atoms with Gasteiger partial charge in [0.05, 0.1) is 12.7 Å². The summed E-state index contributed by atoms with van der Waals surface area (Å²) in [7, 11) is 1.50. The minimum Gasteiger partial charge on any atom is -0.496 e. The van der Waals surface area contributed by atoms with Gasteiger partial charge < -0.3 is 20.9 Å². The van der Waals surface area contributed by atoms with Crippen LogP contribution in [-0.2, 0) is 6.42 Å². The Labute approximate surface area is 123 Å². The smallest absolute Gasteiger partial charge is 0.259 e. The molecule has 2 aromatic carbocycles. The van der Waals surface area contributed by atoms with Gasteiger partial charge in [-0.2, -0.15) is 0 Å². The predicted molar refractivity (Wildman–Crippen MR) is 82.6 cm³/mol. The number of aliphatic hydroxyl groups is 1. The van der Waals surface area contributed by atoms with E-state index in [1.54, 1.807) is 30.3 Å². The average Bonchev–Trinajstić information content (AvgIpc) is 2.49. The molecule has 0 spiro atoms. The third-order valence-electron chi connectivity index (χ3n) is 3.08. The minimum atomic E-state index is -0.262. The standard InChI is InChI=1S/C16H18N2O3/c1-21-15-10-12(17)4-7-14(15)16(20)18-13-5-2-11(3-6-13)8-9-19/h2-7,10,19H,8-9,17H2,1H3,(H,18,20). The molecule has 4 N–H and O–H groups in total. The van der Waals surface area contributed by atoms with Gasteiger partial charge in [-0.15, -0.1) is 0 Å². The number of carbonyl (C=O) groups excluding carboxylic acids is 1. The number of hydrogen-bond donors (Lipinski definition) is 3. The zero-order valence-electron chi connectivity index (χ0n) is 11.8. The minimum absolute atomic E-state index is 0.105. The van der Waals surface area contributed by atoms with Crippen LogP contribution < -0.4 is 15.8 Å². The molecular weight excluding hydrogens is 268 g/mol. The van der Waals surface area contributed by atoms with Crippen LogP contribution in [0.15, 0.2) is 42.5 Å². The fourth-order valence-corrected chi connectivity index (χ4v) is 1.98. The van der Waals surface area contributed by atoms with E-state index in [0.29, 0.717) is 29.1 Å². The molecule has 5 nitrogen and oxygen atoms in total. The third-order valence-corrected chi connectivity index (χ3v) is 3.08. The number of methoxy groups -OCH3 is 1. The number of anilines is 2. The summed E-state index contributed by atoms with van der Waals surface area (Å²) in [5, 5.41) is 11.7. The number of carbonyl (C=O) groups is 1. The second-order valence-corrected chi connectivity index (χ2v) is 4.58. The molecule has 0 aromatic heterocycles. The Bertz CT molecular complexity index is 624. The molecule has 0 aliphatic rings. The van der Waals surface area contributed by atoms with E-state index in [0.717, 1.165) is 5.56 Å². The van der Waals surface area contributed by atoms with Crippen molar-refractivity contribution in [3.63, 3.8) is 0 Å². The van der Waals surface area contributed by atoms with Crippen molar-refractivity contribution in [3.8, 4) is 5.75 Å². The van der Waals surface area contributed by atoms with E-state index in [4.69, 9.17) is 15.6 Å². The molecule has 1 amide bonds. The molecule has 0 aliphatic heterocycles. The van der Waals surface area contributed by atoms with E-state index in [1.165, 1.54) is 7.11 Å². The SMILES string of the molecule is COc1cc(N)ccc1C(=O)Nc1ccc(CCO)cc1. The molecule has 2 rings (SSSR count). The number of hydrogen-bond acceptors (Lipinski definition) is 4. The van der Waals surface area contributed by atoms with Gasteiger partial charge in [0.1, 0.15) is 5.75 Å². The summed E-state index contributed by atoms with van der Waals surface area (Å²) >= 11 is 0. The van der Waals surface area contributed by atoms with Gasteiger partial charge in [-0.3, -0.25) is 4.79 Å². The van der Waals surface area contributed by atoms with Gasteiger partial charge in [-0.25, -0.2) is 0 Å². The summed E-state index contributed by atoms with van der Waals surface area (Å²) < 4.78 is 5.17. The lowest BCUT2D eigenvalue weighted by atomic mass is 10.1. The summed E-state index contributed by atoms with van der Waals surface area (Å²) in [6.07, 6.45) is 0.597. The first-order chi connectivity index (χ1) is 10.1. The van der Waals surface area contributed by atoms with Gasteiger partial charge in [0.2, 0.25) is 0 Å². The lowest BCUT2D eigenvalue weighted by Gasteiger charge is -2.10. The zero-order chi connectivity index (χ0) is 15.2. The number of amides is 1. The van der Waals surface area contributed by atoms with Crippen molar-refractivity contribution < 1.29 is 14.6 Å². The lowest BCUT2D eigenvalue weighted by molar-refractivity contribution is 0.102. The molecule has 0 saturated heterocycles. The summed E-state index contributed by atoms with van der Waals surface area (Å²) in [6, 6.07) is 12.2. The van der Waals surface area contributed by atoms with E-state index in [2.05, 4.69) is 5.32 Å². The maximum atomic E-state index is 12.2. The van der Waals surface area contributed by atoms with Gasteiger partial charge in [0.25, 0.3) is 5.91 Å². The van der Waals surface area contributed by atoms with Gasteiger partial charge >= 0.3 is 0 Å². The number of ether oxygens (including phenoxy) is 1. The Morgan fingerprint density at radius 3 is 2.57 bits per heavy atom. The van der Waals surface area contributed by atoms with E-state index in [-0.39, 0.29) is 12.5 Å². The molecule has 0 fully saturated rings. The summed E-state index contributed by atoms with van der Waals surface area (Å²) in [5.74, 6) is 0.172. The molecule has 0 saturated carbocycles. The molecule has 0 bridgehead atoms. The average molecular weight is 286 g/mol. The Balaban J connectivity index is 2.14. The number of aliphatic hydroxyl groups excluding tert-OH is 1. The van der Waals surface area contributed by atoms with Crippen LogP contribution in [0.4, 0.5) is 11.4 Å². The van der Waals surface area contributed by atoms with Gasteiger partial charge in [-0.05, 0) is 36.2 Å². The van der Waals surface area contributed by atoms with Crippen molar-refractivity contribution in [2.24, 2.45) is 0 Å². The van der Waals surface area contributed by atoms with Gasteiger partial charge in [0.15, 0.2) is 0 Å². The van der Waals surface area contributed by atoms with Crippen LogP contribution in [-0.4, -0.2) is 24.7 Å². The Morgan fingerprint density at radius 2 is 1.95 bits per heavy atom. The third kappa shape index (κ3) is 3.73. The maximum Gasteiger partial charge on any atom is 0.259 e. The number of nitrogen functional groups attached to an aromatic ring is 1. The summed E-state index contributed by atoms with van der Waals surface area (Å²) in [5.41, 5.74) is 8.33. The highest BCUT2D eigenvalue weighted by Gasteiger charge is 2.12. The molecular formula is C16H18N2O3. The van der Waals surface area contributed by atoms with Crippen LogP contribution >= 0.6 is 0 Å². The molecule has 110 valence electrons. The monoisotopic (exact) mass is 286 g/mol. The van der Waals surface area contributed by atoms with E-state index in [1.807, 2.05) is 12.1 Å². The Kier molecular flexibility index (Phi) is 4.79. The first-order valence-corrected chi connectivity index (χ1v) is 6.58. The van der Waals surface area contributed by atoms with Gasteiger partial charge in [-0.1, -0.05) is 12.1 Å². The van der Waals surface area contributed by atoms with Gasteiger partial charge in [0, 0.05) is 24.0 Å². The normalized spacial score (nSPS) is 10.2. The van der Waals surface area contributed by atoms with Crippen LogP contribution in [0, 0.1) is 0 Å². The highest BCUT2D eigenvalue weighted by atomic mass is 16.5. The van der Waals surface area contributed by atoms with Crippen molar-refractivity contribution >= 4 is 17.3 Å². The summed E-state index contributed by atoms with van der Waals surface area (Å²) in [6.45, 7) is 0.105. The Morgan fingerprint density at radius 1 is 1.24 bits per heavy atom. The number of nitrogens with one attached hydrogen (secondary N) is 1. The maximum absolute atomic E-state index is 12.2. The fourth-order valence-electron chi connectivity index (χ4n) is 1.98. The largest absolute Gasteiger partial charge is 0.496 e. The highest BCUT2D eigenvalue weighted by Crippen LogP contribution is 2.22. The van der Waals surface area contributed by atoms with Crippen molar-refractivity contribution in [2.45, 2.75) is 6.42 Å². The molecule has 0 unspecified atom stereocenters. The van der Waals surface area contributed by atoms with Crippen LogP contribution in [0.5, 0.6) is 5.75 Å². The van der Waals surface area contributed by atoms with E-state index >= 15 is 0 Å². The first-order valence-electron chi connectivity index (χ1n) is 6.58. The van der Waals surface area contributed by atoms with Crippen LogP contribution in [0.2, 0.25) is 0 Å². The van der Waals surface area contributed by atoms with Crippen molar-refractivity contribution in [1.82, 2.24) is 0 Å². The quantitative estimate of drug-likeness (QED) is 0.735. The predicted octanol–water partition coefficient (Wildman–Crippen LogP) is 2.06.